The van der Waals surface area contributed by atoms with E-state index in [1.807, 2.05) is 92.0 Å². The number of ether oxygens (including phenoxy) is 1. The van der Waals surface area contributed by atoms with Crippen LogP contribution in [0.2, 0.25) is 10.0 Å². The standard InChI is InChI=1S/C33H28Cl2N4OS/c1-20-8-4-5-10-30(20)40-25-14-12-24(13-15-25)39-32(31(37-33(39)41)28-9-6-7-17-36-28)26-18-21(2)38(22(26)3)29-16-11-23(34)19-27(29)35/h4-19,31-32H,1-3H3,(H,37,41)/t31-,32+/m0/s1. The van der Waals surface area contributed by atoms with Crippen molar-refractivity contribution in [2.75, 3.05) is 4.90 Å². The van der Waals surface area contributed by atoms with Gasteiger partial charge in [0.1, 0.15) is 11.5 Å². The summed E-state index contributed by atoms with van der Waals surface area (Å²) in [5.74, 6) is 1.59. The number of aryl methyl sites for hydroxylation is 2. The predicted octanol–water partition coefficient (Wildman–Crippen LogP) is 9.07. The first-order valence-corrected chi connectivity index (χ1v) is 14.5. The number of para-hydroxylation sites is 1. The Labute approximate surface area is 255 Å². The zero-order chi connectivity index (χ0) is 28.7. The van der Waals surface area contributed by atoms with E-state index in [0.29, 0.717) is 15.2 Å². The van der Waals surface area contributed by atoms with Crippen molar-refractivity contribution < 1.29 is 4.74 Å². The van der Waals surface area contributed by atoms with E-state index in [1.54, 1.807) is 6.07 Å². The number of aromatic nitrogens is 2. The highest BCUT2D eigenvalue weighted by Crippen LogP contribution is 2.44. The van der Waals surface area contributed by atoms with Crippen molar-refractivity contribution in [3.05, 3.63) is 135 Å². The van der Waals surface area contributed by atoms with Gasteiger partial charge < -0.3 is 19.5 Å². The van der Waals surface area contributed by atoms with E-state index in [9.17, 15) is 0 Å². The summed E-state index contributed by atoms with van der Waals surface area (Å²) in [6, 6.07) is 29.5. The lowest BCUT2D eigenvalue weighted by Gasteiger charge is -2.28. The lowest BCUT2D eigenvalue weighted by atomic mass is 9.96. The third-order valence-electron chi connectivity index (χ3n) is 7.47. The molecule has 2 atom stereocenters. The largest absolute Gasteiger partial charge is 0.457 e. The van der Waals surface area contributed by atoms with Crippen LogP contribution >= 0.6 is 35.4 Å². The Kier molecular flexibility index (Phi) is 7.47. The molecule has 0 saturated carbocycles. The molecule has 3 aromatic carbocycles. The summed E-state index contributed by atoms with van der Waals surface area (Å²) >= 11 is 18.8. The van der Waals surface area contributed by atoms with Gasteiger partial charge in [0.25, 0.3) is 0 Å². The molecular weight excluding hydrogens is 571 g/mol. The number of rotatable bonds is 6. The van der Waals surface area contributed by atoms with Crippen molar-refractivity contribution >= 4 is 46.2 Å². The highest BCUT2D eigenvalue weighted by molar-refractivity contribution is 7.80. The van der Waals surface area contributed by atoms with Crippen LogP contribution in [0.15, 0.2) is 97.2 Å². The number of anilines is 1. The molecule has 5 aromatic rings. The molecule has 5 nitrogen and oxygen atoms in total. The summed E-state index contributed by atoms with van der Waals surface area (Å²) in [7, 11) is 0. The van der Waals surface area contributed by atoms with Gasteiger partial charge in [-0.2, -0.15) is 0 Å². The van der Waals surface area contributed by atoms with Crippen LogP contribution in [0.4, 0.5) is 5.69 Å². The Bertz CT molecular complexity index is 1740. The van der Waals surface area contributed by atoms with Crippen LogP contribution in [-0.4, -0.2) is 14.7 Å². The molecule has 6 rings (SSSR count). The van der Waals surface area contributed by atoms with Crippen LogP contribution in [0.1, 0.15) is 40.3 Å². The zero-order valence-corrected chi connectivity index (χ0v) is 25.1. The molecular formula is C33H28Cl2N4OS. The topological polar surface area (TPSA) is 42.3 Å². The molecule has 8 heteroatoms. The van der Waals surface area contributed by atoms with E-state index in [1.165, 1.54) is 0 Å². The molecule has 1 aliphatic rings. The molecule has 0 radical (unpaired) electrons. The highest BCUT2D eigenvalue weighted by Gasteiger charge is 2.42. The molecule has 1 fully saturated rings. The Hall–Kier alpha value is -3.84. The van der Waals surface area contributed by atoms with Gasteiger partial charge in [0.2, 0.25) is 0 Å². The van der Waals surface area contributed by atoms with E-state index in [2.05, 4.69) is 34.7 Å². The molecule has 3 heterocycles. The van der Waals surface area contributed by atoms with Gasteiger partial charge >= 0.3 is 0 Å². The van der Waals surface area contributed by atoms with Gasteiger partial charge in [-0.25, -0.2) is 0 Å². The number of hydrogen-bond acceptors (Lipinski definition) is 3. The summed E-state index contributed by atoms with van der Waals surface area (Å²) in [5.41, 5.74) is 7.07. The number of nitrogens with one attached hydrogen (secondary N) is 1. The van der Waals surface area contributed by atoms with Crippen LogP contribution in [0.3, 0.4) is 0 Å². The Morgan fingerprint density at radius 2 is 1.63 bits per heavy atom. The molecule has 1 saturated heterocycles. The fraction of sp³-hybridized carbons (Fsp3) is 0.152. The molecule has 0 amide bonds. The number of benzene rings is 3. The monoisotopic (exact) mass is 598 g/mol. The van der Waals surface area contributed by atoms with Crippen molar-refractivity contribution in [2.24, 2.45) is 0 Å². The van der Waals surface area contributed by atoms with Gasteiger partial charge in [0.05, 0.1) is 28.5 Å². The van der Waals surface area contributed by atoms with Gasteiger partial charge in [-0.15, -0.1) is 0 Å². The maximum atomic E-state index is 6.66. The Balaban J connectivity index is 1.43. The fourth-order valence-corrected chi connectivity index (χ4v) is 6.38. The van der Waals surface area contributed by atoms with Crippen molar-refractivity contribution in [1.29, 1.82) is 0 Å². The van der Waals surface area contributed by atoms with Crippen molar-refractivity contribution in [3.8, 4) is 17.2 Å². The number of nitrogens with zero attached hydrogens (tertiary/aromatic N) is 3. The van der Waals surface area contributed by atoms with Gasteiger partial charge in [0.15, 0.2) is 5.11 Å². The smallest absolute Gasteiger partial charge is 0.174 e. The van der Waals surface area contributed by atoms with Crippen molar-refractivity contribution in [1.82, 2.24) is 14.9 Å². The van der Waals surface area contributed by atoms with E-state index in [-0.39, 0.29) is 12.1 Å². The Morgan fingerprint density at radius 3 is 2.34 bits per heavy atom. The third kappa shape index (κ3) is 5.19. The number of halogens is 2. The summed E-state index contributed by atoms with van der Waals surface area (Å²) in [6.07, 6.45) is 1.81. The quantitative estimate of drug-likeness (QED) is 0.197. The lowest BCUT2D eigenvalue weighted by Crippen LogP contribution is -2.29. The second kappa shape index (κ2) is 11.2. The van der Waals surface area contributed by atoms with E-state index in [0.717, 1.165) is 51.1 Å². The summed E-state index contributed by atoms with van der Waals surface area (Å²) in [5, 5.41) is 5.38. The third-order valence-corrected chi connectivity index (χ3v) is 8.33. The van der Waals surface area contributed by atoms with Gasteiger partial charge in [-0.1, -0.05) is 47.5 Å². The minimum Gasteiger partial charge on any atom is -0.457 e. The SMILES string of the molecule is Cc1ccccc1Oc1ccc(N2C(=S)N[C@@H](c3ccccn3)[C@H]2c2cc(C)n(-c3ccc(Cl)cc3Cl)c2C)cc1. The summed E-state index contributed by atoms with van der Waals surface area (Å²) < 4.78 is 8.33. The maximum absolute atomic E-state index is 6.66. The first-order chi connectivity index (χ1) is 19.8. The maximum Gasteiger partial charge on any atom is 0.174 e. The van der Waals surface area contributed by atoms with Gasteiger partial charge in [0, 0.05) is 28.3 Å². The van der Waals surface area contributed by atoms with E-state index in [4.69, 9.17) is 45.1 Å². The van der Waals surface area contributed by atoms with Crippen LogP contribution in [0.5, 0.6) is 11.5 Å². The fourth-order valence-electron chi connectivity index (χ4n) is 5.54. The van der Waals surface area contributed by atoms with Gasteiger partial charge in [-0.05, 0) is 111 Å². The minimum absolute atomic E-state index is 0.161. The summed E-state index contributed by atoms with van der Waals surface area (Å²) in [6.45, 7) is 6.23. The predicted molar refractivity (Wildman–Crippen MR) is 171 cm³/mol. The van der Waals surface area contributed by atoms with Crippen molar-refractivity contribution in [3.63, 3.8) is 0 Å². The zero-order valence-electron chi connectivity index (χ0n) is 22.8. The number of pyridine rings is 1. The van der Waals surface area contributed by atoms with Crippen molar-refractivity contribution in [2.45, 2.75) is 32.9 Å². The number of hydrogen-bond donors (Lipinski definition) is 1. The molecule has 0 bridgehead atoms. The molecule has 0 unspecified atom stereocenters. The second-order valence-corrected chi connectivity index (χ2v) is 11.3. The van der Waals surface area contributed by atoms with Crippen LogP contribution in [0.25, 0.3) is 5.69 Å². The summed E-state index contributed by atoms with van der Waals surface area (Å²) in [4.78, 5) is 6.87. The second-order valence-electron chi connectivity index (χ2n) is 10.1. The highest BCUT2D eigenvalue weighted by atomic mass is 35.5. The van der Waals surface area contributed by atoms with E-state index < -0.39 is 0 Å². The van der Waals surface area contributed by atoms with Crippen LogP contribution in [0, 0.1) is 20.8 Å². The Morgan fingerprint density at radius 1 is 0.878 bits per heavy atom. The van der Waals surface area contributed by atoms with Gasteiger partial charge in [-0.3, -0.25) is 4.98 Å². The average molecular weight is 600 g/mol. The molecule has 41 heavy (non-hydrogen) atoms. The minimum atomic E-state index is -0.166. The first-order valence-electron chi connectivity index (χ1n) is 13.3. The van der Waals surface area contributed by atoms with Crippen LogP contribution < -0.4 is 15.0 Å². The number of thiocarbonyl (C=S) groups is 1. The molecule has 0 spiro atoms. The molecule has 1 aliphatic heterocycles. The lowest BCUT2D eigenvalue weighted by molar-refractivity contribution is 0.479. The molecule has 0 aliphatic carbocycles. The van der Waals surface area contributed by atoms with Crippen LogP contribution in [-0.2, 0) is 0 Å². The normalized spacial score (nSPS) is 16.6. The molecule has 206 valence electrons. The molecule has 1 N–H and O–H groups in total. The first kappa shape index (κ1) is 27.3. The average Bonchev–Trinajstić information content (AvgIpc) is 3.46. The van der Waals surface area contributed by atoms with E-state index >= 15 is 0 Å². The molecule has 2 aromatic heterocycles.